The Labute approximate surface area is 123 Å². The SMILES string of the molecule is COC(=O)C1CC(=O)C1.COC(=O)C1CC(OC)(OC)C1. The van der Waals surface area contributed by atoms with Crippen molar-refractivity contribution in [3.8, 4) is 0 Å². The summed E-state index contributed by atoms with van der Waals surface area (Å²) < 4.78 is 19.2. The van der Waals surface area contributed by atoms with E-state index in [0.29, 0.717) is 25.7 Å². The van der Waals surface area contributed by atoms with Gasteiger partial charge in [-0.2, -0.15) is 0 Å². The van der Waals surface area contributed by atoms with Crippen LogP contribution in [-0.4, -0.2) is 51.9 Å². The Morgan fingerprint density at radius 1 is 0.905 bits per heavy atom. The van der Waals surface area contributed by atoms with Gasteiger partial charge in [-0.05, 0) is 0 Å². The van der Waals surface area contributed by atoms with Gasteiger partial charge < -0.3 is 18.9 Å². The van der Waals surface area contributed by atoms with Crippen molar-refractivity contribution in [1.82, 2.24) is 0 Å². The number of carbonyl (C=O) groups excluding carboxylic acids is 3. The van der Waals surface area contributed by atoms with E-state index >= 15 is 0 Å². The number of ether oxygens (including phenoxy) is 4. The summed E-state index contributed by atoms with van der Waals surface area (Å²) in [6.07, 6.45) is 1.94. The number of methoxy groups -OCH3 is 4. The maximum Gasteiger partial charge on any atom is 0.309 e. The molecule has 0 spiro atoms. The highest BCUT2D eigenvalue weighted by molar-refractivity contribution is 5.94. The van der Waals surface area contributed by atoms with Crippen LogP contribution < -0.4 is 0 Å². The zero-order chi connectivity index (χ0) is 16.0. The van der Waals surface area contributed by atoms with Crippen molar-refractivity contribution in [2.24, 2.45) is 11.8 Å². The lowest BCUT2D eigenvalue weighted by Crippen LogP contribution is -2.50. The molecule has 0 aliphatic heterocycles. The topological polar surface area (TPSA) is 88.1 Å². The molecule has 0 radical (unpaired) electrons. The Hall–Kier alpha value is -1.47. The first-order valence-electron chi connectivity index (χ1n) is 6.69. The molecule has 0 aromatic rings. The minimum Gasteiger partial charge on any atom is -0.469 e. The van der Waals surface area contributed by atoms with Crippen molar-refractivity contribution < 1.29 is 33.3 Å². The quantitative estimate of drug-likeness (QED) is 0.558. The van der Waals surface area contributed by atoms with Crippen molar-refractivity contribution in [2.45, 2.75) is 31.5 Å². The molecule has 2 fully saturated rings. The average molecular weight is 302 g/mol. The molecule has 2 saturated carbocycles. The molecule has 0 atom stereocenters. The molecular weight excluding hydrogens is 280 g/mol. The third kappa shape index (κ3) is 4.25. The average Bonchev–Trinajstić information content (AvgIpc) is 2.43. The number of hydrogen-bond donors (Lipinski definition) is 0. The third-order valence-corrected chi connectivity index (χ3v) is 3.88. The maximum absolute atomic E-state index is 11.0. The van der Waals surface area contributed by atoms with Crippen LogP contribution in [0.2, 0.25) is 0 Å². The molecule has 2 aliphatic rings. The molecule has 0 bridgehead atoms. The van der Waals surface area contributed by atoms with Gasteiger partial charge in [-0.15, -0.1) is 0 Å². The minimum absolute atomic E-state index is 0.0603. The zero-order valence-electron chi connectivity index (χ0n) is 12.8. The second-order valence-electron chi connectivity index (χ2n) is 5.11. The summed E-state index contributed by atoms with van der Waals surface area (Å²) in [5.41, 5.74) is 0. The van der Waals surface area contributed by atoms with E-state index in [1.807, 2.05) is 0 Å². The van der Waals surface area contributed by atoms with E-state index in [1.165, 1.54) is 14.2 Å². The lowest BCUT2D eigenvalue weighted by Gasteiger charge is -2.43. The van der Waals surface area contributed by atoms with Crippen LogP contribution in [-0.2, 0) is 33.3 Å². The third-order valence-electron chi connectivity index (χ3n) is 3.88. The summed E-state index contributed by atoms with van der Waals surface area (Å²) in [7, 11) is 5.89. The predicted molar refractivity (Wildman–Crippen MR) is 71.2 cm³/mol. The van der Waals surface area contributed by atoms with Gasteiger partial charge in [0.25, 0.3) is 0 Å². The molecule has 0 aromatic heterocycles. The second kappa shape index (κ2) is 7.51. The summed E-state index contributed by atoms with van der Waals surface area (Å²) in [5, 5.41) is 0. The standard InChI is InChI=1S/C8H14O4.C6H8O3/c1-10-7(9)6-4-8(5-6,11-2)12-3;1-9-6(8)4-2-5(7)3-4/h6H,4-5H2,1-3H3;4H,2-3H2,1H3. The van der Waals surface area contributed by atoms with Gasteiger partial charge >= 0.3 is 11.9 Å². The van der Waals surface area contributed by atoms with Crippen LogP contribution in [0.25, 0.3) is 0 Å². The monoisotopic (exact) mass is 302 g/mol. The highest BCUT2D eigenvalue weighted by Crippen LogP contribution is 2.41. The van der Waals surface area contributed by atoms with Gasteiger partial charge in [0.2, 0.25) is 0 Å². The second-order valence-corrected chi connectivity index (χ2v) is 5.11. The van der Waals surface area contributed by atoms with Crippen molar-refractivity contribution in [2.75, 3.05) is 28.4 Å². The van der Waals surface area contributed by atoms with E-state index in [1.54, 1.807) is 14.2 Å². The molecule has 0 N–H and O–H groups in total. The summed E-state index contributed by atoms with van der Waals surface area (Å²) in [4.78, 5) is 31.9. The van der Waals surface area contributed by atoms with Crippen LogP contribution in [0.5, 0.6) is 0 Å². The van der Waals surface area contributed by atoms with E-state index in [4.69, 9.17) is 9.47 Å². The number of Topliss-reactive ketones (excluding diaryl/α,β-unsaturated/α-hetero) is 1. The van der Waals surface area contributed by atoms with E-state index < -0.39 is 5.79 Å². The fourth-order valence-electron chi connectivity index (χ4n) is 2.26. The number of hydrogen-bond acceptors (Lipinski definition) is 7. The Morgan fingerprint density at radius 2 is 1.33 bits per heavy atom. The number of ketones is 1. The Bertz CT molecular complexity index is 384. The lowest BCUT2D eigenvalue weighted by molar-refractivity contribution is -0.270. The van der Waals surface area contributed by atoms with Gasteiger partial charge in [0.15, 0.2) is 5.79 Å². The molecule has 0 amide bonds. The first-order chi connectivity index (χ1) is 9.91. The molecule has 120 valence electrons. The van der Waals surface area contributed by atoms with Crippen LogP contribution >= 0.6 is 0 Å². The van der Waals surface area contributed by atoms with Gasteiger partial charge in [-0.1, -0.05) is 0 Å². The number of rotatable bonds is 4. The predicted octanol–water partition coefficient (Wildman–Crippen LogP) is 0.697. The van der Waals surface area contributed by atoms with Crippen LogP contribution in [0.15, 0.2) is 0 Å². The van der Waals surface area contributed by atoms with Crippen LogP contribution in [0.1, 0.15) is 25.7 Å². The highest BCUT2D eigenvalue weighted by Gasteiger charge is 2.49. The molecule has 0 saturated heterocycles. The van der Waals surface area contributed by atoms with Crippen LogP contribution in [0, 0.1) is 11.8 Å². The van der Waals surface area contributed by atoms with Crippen molar-refractivity contribution in [3.63, 3.8) is 0 Å². The van der Waals surface area contributed by atoms with Crippen LogP contribution in [0.4, 0.5) is 0 Å². The number of carbonyl (C=O) groups is 3. The first-order valence-corrected chi connectivity index (χ1v) is 6.69. The minimum atomic E-state index is -0.543. The van der Waals surface area contributed by atoms with E-state index in [-0.39, 0.29) is 29.6 Å². The molecule has 0 aromatic carbocycles. The van der Waals surface area contributed by atoms with Gasteiger partial charge in [0.1, 0.15) is 5.78 Å². The van der Waals surface area contributed by atoms with Gasteiger partial charge in [0.05, 0.1) is 26.1 Å². The Morgan fingerprint density at radius 3 is 1.67 bits per heavy atom. The van der Waals surface area contributed by atoms with E-state index in [0.717, 1.165) is 0 Å². The van der Waals surface area contributed by atoms with Crippen molar-refractivity contribution >= 4 is 17.7 Å². The normalized spacial score (nSPS) is 20.5. The first kappa shape index (κ1) is 17.6. The fourth-order valence-corrected chi connectivity index (χ4v) is 2.26. The molecule has 2 aliphatic carbocycles. The molecular formula is C14H22O7. The molecule has 2 rings (SSSR count). The number of esters is 2. The Balaban J connectivity index is 0.000000219. The summed E-state index contributed by atoms with van der Waals surface area (Å²) >= 11 is 0. The highest BCUT2D eigenvalue weighted by atomic mass is 16.7. The molecule has 7 heteroatoms. The smallest absolute Gasteiger partial charge is 0.309 e. The van der Waals surface area contributed by atoms with E-state index in [9.17, 15) is 14.4 Å². The maximum atomic E-state index is 11.0. The molecule has 7 nitrogen and oxygen atoms in total. The lowest BCUT2D eigenvalue weighted by atomic mass is 9.79. The molecule has 21 heavy (non-hydrogen) atoms. The zero-order valence-corrected chi connectivity index (χ0v) is 12.8. The van der Waals surface area contributed by atoms with Crippen LogP contribution in [0.3, 0.4) is 0 Å². The van der Waals surface area contributed by atoms with Gasteiger partial charge in [-0.25, -0.2) is 0 Å². The molecule has 0 unspecified atom stereocenters. The van der Waals surface area contributed by atoms with Crippen molar-refractivity contribution in [3.05, 3.63) is 0 Å². The summed E-state index contributed by atoms with van der Waals surface area (Å²) in [5.74, 6) is -1.02. The largest absolute Gasteiger partial charge is 0.469 e. The van der Waals surface area contributed by atoms with Crippen molar-refractivity contribution in [1.29, 1.82) is 0 Å². The Kier molecular flexibility index (Phi) is 6.29. The summed E-state index contributed by atoms with van der Waals surface area (Å²) in [6.45, 7) is 0. The summed E-state index contributed by atoms with van der Waals surface area (Å²) in [6, 6.07) is 0. The molecule has 0 heterocycles. The van der Waals surface area contributed by atoms with Gasteiger partial charge in [0, 0.05) is 39.9 Å². The van der Waals surface area contributed by atoms with E-state index in [2.05, 4.69) is 9.47 Å². The fraction of sp³-hybridized carbons (Fsp3) is 0.786. The van der Waals surface area contributed by atoms with Gasteiger partial charge in [-0.3, -0.25) is 14.4 Å².